The van der Waals surface area contributed by atoms with Crippen LogP contribution in [0.4, 0.5) is 5.13 Å². The van der Waals surface area contributed by atoms with E-state index in [9.17, 15) is 9.59 Å². The summed E-state index contributed by atoms with van der Waals surface area (Å²) in [5.74, 6) is -1.10. The number of aromatic nitrogens is 1. The van der Waals surface area contributed by atoms with E-state index in [1.807, 2.05) is 30.3 Å². The van der Waals surface area contributed by atoms with Crippen molar-refractivity contribution in [1.29, 1.82) is 5.26 Å². The average molecular weight is 310 g/mol. The van der Waals surface area contributed by atoms with Gasteiger partial charge < -0.3 is 5.32 Å². The maximum absolute atomic E-state index is 12.3. The van der Waals surface area contributed by atoms with Gasteiger partial charge in [-0.15, -0.1) is 11.3 Å². The molecule has 0 spiro atoms. The number of rotatable bonds is 2. The molecule has 3 rings (SSSR count). The van der Waals surface area contributed by atoms with Crippen LogP contribution in [0, 0.1) is 11.3 Å². The molecule has 7 heteroatoms. The average Bonchev–Trinajstić information content (AvgIpc) is 2.96. The zero-order valence-corrected chi connectivity index (χ0v) is 12.1. The van der Waals surface area contributed by atoms with Crippen molar-refractivity contribution in [3.05, 3.63) is 47.5 Å². The van der Waals surface area contributed by atoms with Crippen LogP contribution in [0.2, 0.25) is 0 Å². The van der Waals surface area contributed by atoms with E-state index in [2.05, 4.69) is 10.3 Å². The molecule has 108 valence electrons. The highest BCUT2D eigenvalue weighted by Crippen LogP contribution is 2.28. The van der Waals surface area contributed by atoms with Gasteiger partial charge in [0.15, 0.2) is 5.13 Å². The predicted molar refractivity (Wildman–Crippen MR) is 81.7 cm³/mol. The molecule has 0 unspecified atom stereocenters. The van der Waals surface area contributed by atoms with Gasteiger partial charge in [0, 0.05) is 17.1 Å². The second-order valence-electron chi connectivity index (χ2n) is 4.47. The molecule has 0 fully saturated rings. The molecular formula is C15H10N4O2S. The summed E-state index contributed by atoms with van der Waals surface area (Å²) in [5, 5.41) is 13.7. The predicted octanol–water partition coefficient (Wildman–Crippen LogP) is 1.68. The van der Waals surface area contributed by atoms with E-state index in [0.29, 0.717) is 5.69 Å². The van der Waals surface area contributed by atoms with Crippen molar-refractivity contribution >= 4 is 28.3 Å². The summed E-state index contributed by atoms with van der Waals surface area (Å²) >= 11 is 1.19. The smallest absolute Gasteiger partial charge is 0.279 e. The summed E-state index contributed by atoms with van der Waals surface area (Å²) in [6.45, 7) is -0.0584. The van der Waals surface area contributed by atoms with Gasteiger partial charge in [-0.1, -0.05) is 30.3 Å². The largest absolute Gasteiger partial charge is 0.381 e. The van der Waals surface area contributed by atoms with Crippen molar-refractivity contribution < 1.29 is 9.59 Å². The zero-order valence-electron chi connectivity index (χ0n) is 11.3. The molecule has 0 saturated carbocycles. The molecule has 22 heavy (non-hydrogen) atoms. The summed E-state index contributed by atoms with van der Waals surface area (Å²) in [6, 6.07) is 11.2. The highest BCUT2D eigenvalue weighted by Gasteiger charge is 2.30. The van der Waals surface area contributed by atoms with Gasteiger partial charge in [-0.05, 0) is 0 Å². The third-order valence-corrected chi connectivity index (χ3v) is 3.88. The molecular weight excluding hydrogens is 300 g/mol. The minimum Gasteiger partial charge on any atom is -0.381 e. The second-order valence-corrected chi connectivity index (χ2v) is 5.30. The highest BCUT2D eigenvalue weighted by molar-refractivity contribution is 7.14. The Morgan fingerprint density at radius 1 is 1.27 bits per heavy atom. The third-order valence-electron chi connectivity index (χ3n) is 3.06. The van der Waals surface area contributed by atoms with Gasteiger partial charge in [-0.2, -0.15) is 5.26 Å². The summed E-state index contributed by atoms with van der Waals surface area (Å²) < 4.78 is 0. The van der Waals surface area contributed by atoms with Gasteiger partial charge in [-0.3, -0.25) is 9.59 Å². The highest BCUT2D eigenvalue weighted by atomic mass is 32.1. The topological polar surface area (TPSA) is 86.1 Å². The van der Waals surface area contributed by atoms with E-state index in [4.69, 9.17) is 5.26 Å². The summed E-state index contributed by atoms with van der Waals surface area (Å²) in [6.07, 6.45) is 1.26. The molecule has 1 aliphatic heterocycles. The van der Waals surface area contributed by atoms with Crippen LogP contribution in [0.3, 0.4) is 0 Å². The lowest BCUT2D eigenvalue weighted by molar-refractivity contribution is -0.123. The van der Waals surface area contributed by atoms with Gasteiger partial charge in [-0.25, -0.2) is 9.88 Å². The lowest BCUT2D eigenvalue weighted by atomic mass is 10.2. The Hall–Kier alpha value is -2.98. The molecule has 2 heterocycles. The molecule has 2 amide bonds. The van der Waals surface area contributed by atoms with E-state index < -0.39 is 11.8 Å². The number of benzene rings is 1. The monoisotopic (exact) mass is 310 g/mol. The molecule has 1 aromatic carbocycles. The molecule has 0 bridgehead atoms. The van der Waals surface area contributed by atoms with Crippen molar-refractivity contribution in [3.8, 4) is 17.3 Å². The number of amides is 2. The fraction of sp³-hybridized carbons (Fsp3) is 0.0667. The van der Waals surface area contributed by atoms with Crippen molar-refractivity contribution in [3.63, 3.8) is 0 Å². The van der Waals surface area contributed by atoms with Gasteiger partial charge in [0.1, 0.15) is 11.6 Å². The first-order chi connectivity index (χ1) is 10.7. The van der Waals surface area contributed by atoms with Gasteiger partial charge in [0.05, 0.1) is 12.2 Å². The van der Waals surface area contributed by atoms with E-state index >= 15 is 0 Å². The van der Waals surface area contributed by atoms with Gasteiger partial charge >= 0.3 is 0 Å². The Morgan fingerprint density at radius 3 is 2.77 bits per heavy atom. The maximum atomic E-state index is 12.3. The van der Waals surface area contributed by atoms with Crippen molar-refractivity contribution in [2.45, 2.75) is 0 Å². The molecule has 6 nitrogen and oxygen atoms in total. The van der Waals surface area contributed by atoms with Crippen LogP contribution in [-0.2, 0) is 9.59 Å². The molecule has 1 N–H and O–H groups in total. The quantitative estimate of drug-likeness (QED) is 0.853. The minimum atomic E-state index is -0.661. The number of carbonyl (C=O) groups excluding carboxylic acids is 2. The summed E-state index contributed by atoms with van der Waals surface area (Å²) in [4.78, 5) is 29.7. The number of thiazole rings is 1. The Morgan fingerprint density at radius 2 is 2.05 bits per heavy atom. The van der Waals surface area contributed by atoms with Crippen LogP contribution in [0.25, 0.3) is 11.3 Å². The van der Waals surface area contributed by atoms with E-state index in [0.717, 1.165) is 10.5 Å². The summed E-state index contributed by atoms with van der Waals surface area (Å²) in [5.41, 5.74) is 1.46. The molecule has 2 aromatic rings. The van der Waals surface area contributed by atoms with E-state index in [1.54, 1.807) is 11.4 Å². The first-order valence-electron chi connectivity index (χ1n) is 6.42. The number of hydrogen-bond donors (Lipinski definition) is 1. The lowest BCUT2D eigenvalue weighted by Crippen LogP contribution is -2.39. The number of anilines is 1. The third kappa shape index (κ3) is 2.47. The maximum Gasteiger partial charge on any atom is 0.279 e. The van der Waals surface area contributed by atoms with Crippen LogP contribution in [0.5, 0.6) is 0 Å². The molecule has 0 aliphatic carbocycles. The SMILES string of the molecule is N#CC1=CNCC(=O)N(c2nc(-c3ccccc3)cs2)C1=O. The van der Waals surface area contributed by atoms with Crippen molar-refractivity contribution in [1.82, 2.24) is 10.3 Å². The van der Waals surface area contributed by atoms with Crippen molar-refractivity contribution in [2.75, 3.05) is 11.4 Å². The lowest BCUT2D eigenvalue weighted by Gasteiger charge is -2.14. The number of nitrogens with one attached hydrogen (secondary N) is 1. The van der Waals surface area contributed by atoms with Crippen LogP contribution in [-0.4, -0.2) is 23.3 Å². The standard InChI is InChI=1S/C15H10N4O2S/c16-6-11-7-17-8-13(20)19(14(11)21)15-18-12(9-22-15)10-4-2-1-3-5-10/h1-5,7,9,17H,8H2. The van der Waals surface area contributed by atoms with Crippen LogP contribution < -0.4 is 10.2 Å². The Balaban J connectivity index is 1.98. The zero-order chi connectivity index (χ0) is 15.5. The molecule has 1 aromatic heterocycles. The number of imide groups is 1. The fourth-order valence-corrected chi connectivity index (χ4v) is 2.84. The summed E-state index contributed by atoms with van der Waals surface area (Å²) in [7, 11) is 0. The second kappa shape index (κ2) is 5.79. The fourth-order valence-electron chi connectivity index (χ4n) is 2.00. The molecule has 0 radical (unpaired) electrons. The van der Waals surface area contributed by atoms with E-state index in [-0.39, 0.29) is 17.2 Å². The molecule has 0 atom stereocenters. The van der Waals surface area contributed by atoms with Gasteiger partial charge in [0.2, 0.25) is 0 Å². The Bertz CT molecular complexity index is 804. The van der Waals surface area contributed by atoms with Crippen LogP contribution in [0.1, 0.15) is 0 Å². The van der Waals surface area contributed by atoms with Crippen molar-refractivity contribution in [2.24, 2.45) is 0 Å². The van der Waals surface area contributed by atoms with Crippen LogP contribution >= 0.6 is 11.3 Å². The number of hydrogen-bond acceptors (Lipinski definition) is 6. The number of nitrogens with zero attached hydrogens (tertiary/aromatic N) is 3. The van der Waals surface area contributed by atoms with Crippen LogP contribution in [0.15, 0.2) is 47.5 Å². The number of nitriles is 1. The first-order valence-corrected chi connectivity index (χ1v) is 7.30. The molecule has 1 aliphatic rings. The minimum absolute atomic E-state index is 0.0584. The Labute approximate surface area is 130 Å². The number of carbonyl (C=O) groups is 2. The normalized spacial score (nSPS) is 14.9. The van der Waals surface area contributed by atoms with E-state index in [1.165, 1.54) is 17.5 Å². The Kier molecular flexibility index (Phi) is 3.68. The molecule has 0 saturated heterocycles. The van der Waals surface area contributed by atoms with Gasteiger partial charge in [0.25, 0.3) is 11.8 Å². The first kappa shape index (κ1) is 14.0.